The average Bonchev–Trinajstić information content (AvgIpc) is 2.63. The number of benzene rings is 2. The third-order valence-electron chi connectivity index (χ3n) is 3.49. The molecule has 2 N–H and O–H groups in total. The number of carbonyl (C=O) groups is 1. The minimum absolute atomic E-state index is 0.308. The Hall–Kier alpha value is -2.85. The Morgan fingerprint density at radius 2 is 1.62 bits per heavy atom. The molecule has 0 aliphatic carbocycles. The van der Waals surface area contributed by atoms with E-state index in [0.717, 1.165) is 11.3 Å². The Morgan fingerprint density at radius 3 is 2.29 bits per heavy atom. The minimum Gasteiger partial charge on any atom is -0.325 e. The highest BCUT2D eigenvalue weighted by atomic mass is 35.5. The van der Waals surface area contributed by atoms with Crippen molar-refractivity contribution >= 4 is 23.3 Å². The molecule has 5 heteroatoms. The molecule has 1 aromatic heterocycles. The molecule has 0 fully saturated rings. The number of hydrogen-bond acceptors (Lipinski definition) is 2. The van der Waals surface area contributed by atoms with Crippen molar-refractivity contribution in [1.82, 2.24) is 10.3 Å². The first-order valence-electron chi connectivity index (χ1n) is 7.51. The molecule has 2 aromatic carbocycles. The predicted molar refractivity (Wildman–Crippen MR) is 96.1 cm³/mol. The van der Waals surface area contributed by atoms with E-state index in [1.807, 2.05) is 48.5 Å². The second-order valence-electron chi connectivity index (χ2n) is 5.20. The zero-order chi connectivity index (χ0) is 16.8. The van der Waals surface area contributed by atoms with Crippen LogP contribution in [-0.4, -0.2) is 11.0 Å². The minimum atomic E-state index is -0.334. The van der Waals surface area contributed by atoms with E-state index in [0.29, 0.717) is 10.7 Å². The van der Waals surface area contributed by atoms with Gasteiger partial charge in [-0.1, -0.05) is 48.0 Å². The van der Waals surface area contributed by atoms with Gasteiger partial charge in [0.05, 0.1) is 11.7 Å². The molecular weight excluding hydrogens is 322 g/mol. The molecule has 1 heterocycles. The van der Waals surface area contributed by atoms with E-state index in [-0.39, 0.29) is 12.1 Å². The van der Waals surface area contributed by atoms with Gasteiger partial charge >= 0.3 is 6.03 Å². The van der Waals surface area contributed by atoms with Crippen LogP contribution in [-0.2, 0) is 0 Å². The van der Waals surface area contributed by atoms with Crippen molar-refractivity contribution in [2.45, 2.75) is 6.04 Å². The zero-order valence-corrected chi connectivity index (χ0v) is 13.6. The molecule has 0 radical (unpaired) electrons. The number of anilines is 1. The van der Waals surface area contributed by atoms with Gasteiger partial charge in [0.15, 0.2) is 0 Å². The summed E-state index contributed by atoms with van der Waals surface area (Å²) in [4.78, 5) is 16.7. The molecule has 0 aliphatic heterocycles. The van der Waals surface area contributed by atoms with Crippen LogP contribution in [0.5, 0.6) is 0 Å². The van der Waals surface area contributed by atoms with Crippen LogP contribution in [0.4, 0.5) is 10.5 Å². The van der Waals surface area contributed by atoms with Crippen molar-refractivity contribution in [3.63, 3.8) is 0 Å². The van der Waals surface area contributed by atoms with E-state index < -0.39 is 0 Å². The van der Waals surface area contributed by atoms with Crippen molar-refractivity contribution in [2.75, 3.05) is 5.32 Å². The normalized spacial score (nSPS) is 11.5. The van der Waals surface area contributed by atoms with E-state index >= 15 is 0 Å². The monoisotopic (exact) mass is 337 g/mol. The summed E-state index contributed by atoms with van der Waals surface area (Å²) in [6.45, 7) is 0. The molecule has 2 amide bonds. The molecule has 120 valence electrons. The Kier molecular flexibility index (Phi) is 5.08. The number of hydrogen-bond donors (Lipinski definition) is 2. The lowest BCUT2D eigenvalue weighted by atomic mass is 10.0. The van der Waals surface area contributed by atoms with Gasteiger partial charge in [-0.3, -0.25) is 4.98 Å². The second-order valence-corrected chi connectivity index (χ2v) is 5.64. The fraction of sp³-hybridized carbons (Fsp3) is 0.0526. The van der Waals surface area contributed by atoms with Crippen LogP contribution in [0.2, 0.25) is 5.02 Å². The molecule has 3 rings (SSSR count). The van der Waals surface area contributed by atoms with E-state index in [2.05, 4.69) is 15.6 Å². The van der Waals surface area contributed by atoms with Crippen LogP contribution >= 0.6 is 11.6 Å². The number of aromatic nitrogens is 1. The lowest BCUT2D eigenvalue weighted by Crippen LogP contribution is -2.33. The summed E-state index contributed by atoms with van der Waals surface area (Å²) >= 11 is 5.86. The summed E-state index contributed by atoms with van der Waals surface area (Å²) in [6, 6.07) is 21.7. The van der Waals surface area contributed by atoms with Gasteiger partial charge in [0.2, 0.25) is 0 Å². The smallest absolute Gasteiger partial charge is 0.320 e. The fourth-order valence-electron chi connectivity index (χ4n) is 2.35. The summed E-state index contributed by atoms with van der Waals surface area (Å²) in [5.74, 6) is 0. The Labute approximate surface area is 145 Å². The van der Waals surface area contributed by atoms with Crippen molar-refractivity contribution in [3.8, 4) is 0 Å². The Morgan fingerprint density at radius 1 is 0.917 bits per heavy atom. The molecule has 0 saturated heterocycles. The second kappa shape index (κ2) is 7.62. The van der Waals surface area contributed by atoms with Gasteiger partial charge in [0.25, 0.3) is 0 Å². The lowest BCUT2D eigenvalue weighted by molar-refractivity contribution is 0.250. The van der Waals surface area contributed by atoms with Crippen LogP contribution < -0.4 is 10.6 Å². The van der Waals surface area contributed by atoms with E-state index in [1.54, 1.807) is 30.5 Å². The Balaban J connectivity index is 1.79. The number of rotatable bonds is 4. The molecule has 0 spiro atoms. The summed E-state index contributed by atoms with van der Waals surface area (Å²) in [6.07, 6.45) is 1.71. The topological polar surface area (TPSA) is 54.0 Å². The number of amides is 2. The van der Waals surface area contributed by atoms with Crippen LogP contribution in [0, 0.1) is 0 Å². The molecule has 4 nitrogen and oxygen atoms in total. The van der Waals surface area contributed by atoms with Crippen LogP contribution in [0.3, 0.4) is 0 Å². The number of halogens is 1. The predicted octanol–water partition coefficient (Wildman–Crippen LogP) is 4.65. The number of urea groups is 1. The molecular formula is C19H16ClN3O. The first kappa shape index (κ1) is 16.0. The first-order chi connectivity index (χ1) is 11.7. The molecule has 0 bridgehead atoms. The molecule has 24 heavy (non-hydrogen) atoms. The quantitative estimate of drug-likeness (QED) is 0.728. The average molecular weight is 338 g/mol. The number of pyridine rings is 1. The van der Waals surface area contributed by atoms with Gasteiger partial charge in [0, 0.05) is 16.9 Å². The van der Waals surface area contributed by atoms with Gasteiger partial charge in [0.1, 0.15) is 0 Å². The van der Waals surface area contributed by atoms with E-state index in [4.69, 9.17) is 11.6 Å². The number of nitrogens with one attached hydrogen (secondary N) is 2. The van der Waals surface area contributed by atoms with Gasteiger partial charge in [-0.25, -0.2) is 4.79 Å². The van der Waals surface area contributed by atoms with Gasteiger partial charge < -0.3 is 10.6 Å². The molecule has 1 atom stereocenters. The third kappa shape index (κ3) is 4.12. The molecule has 0 unspecified atom stereocenters. The zero-order valence-electron chi connectivity index (χ0n) is 12.8. The third-order valence-corrected chi connectivity index (χ3v) is 3.75. The van der Waals surface area contributed by atoms with Gasteiger partial charge in [-0.2, -0.15) is 0 Å². The summed E-state index contributed by atoms with van der Waals surface area (Å²) in [7, 11) is 0. The maximum Gasteiger partial charge on any atom is 0.320 e. The summed E-state index contributed by atoms with van der Waals surface area (Å²) < 4.78 is 0. The van der Waals surface area contributed by atoms with Gasteiger partial charge in [-0.05, 0) is 42.0 Å². The summed E-state index contributed by atoms with van der Waals surface area (Å²) in [5, 5.41) is 6.39. The lowest BCUT2D eigenvalue weighted by Gasteiger charge is -2.19. The standard InChI is InChI=1S/C19H16ClN3O/c20-15-9-11-16(12-10-15)22-19(24)23-18(14-6-2-1-3-7-14)17-8-4-5-13-21-17/h1-13,18H,(H2,22,23,24)/t18-/m0/s1. The van der Waals surface area contributed by atoms with Crippen molar-refractivity contribution in [2.24, 2.45) is 0 Å². The Bertz CT molecular complexity index is 752. The van der Waals surface area contributed by atoms with Crippen LogP contribution in [0.15, 0.2) is 79.0 Å². The highest BCUT2D eigenvalue weighted by Gasteiger charge is 2.17. The SMILES string of the molecule is O=C(Nc1ccc(Cl)cc1)N[C@@H](c1ccccc1)c1ccccn1. The number of carbonyl (C=O) groups excluding carboxylic acids is 1. The van der Waals surface area contributed by atoms with E-state index in [1.165, 1.54) is 0 Å². The van der Waals surface area contributed by atoms with Crippen molar-refractivity contribution < 1.29 is 4.79 Å². The summed E-state index contributed by atoms with van der Waals surface area (Å²) in [5.41, 5.74) is 2.40. The fourth-order valence-corrected chi connectivity index (χ4v) is 2.48. The highest BCUT2D eigenvalue weighted by Crippen LogP contribution is 2.20. The number of nitrogens with zero attached hydrogens (tertiary/aromatic N) is 1. The van der Waals surface area contributed by atoms with Crippen molar-refractivity contribution in [1.29, 1.82) is 0 Å². The largest absolute Gasteiger partial charge is 0.325 e. The van der Waals surface area contributed by atoms with E-state index in [9.17, 15) is 4.79 Å². The van der Waals surface area contributed by atoms with Crippen molar-refractivity contribution in [3.05, 3.63) is 95.3 Å². The maximum absolute atomic E-state index is 12.4. The highest BCUT2D eigenvalue weighted by molar-refractivity contribution is 6.30. The first-order valence-corrected chi connectivity index (χ1v) is 7.89. The van der Waals surface area contributed by atoms with Crippen LogP contribution in [0.1, 0.15) is 17.3 Å². The molecule has 3 aromatic rings. The van der Waals surface area contributed by atoms with Gasteiger partial charge in [-0.15, -0.1) is 0 Å². The molecule has 0 aliphatic rings. The van der Waals surface area contributed by atoms with Crippen LogP contribution in [0.25, 0.3) is 0 Å². The molecule has 0 saturated carbocycles. The maximum atomic E-state index is 12.4.